The normalized spacial score (nSPS) is 11.8. The van der Waals surface area contributed by atoms with E-state index in [0.29, 0.717) is 22.8 Å². The van der Waals surface area contributed by atoms with Gasteiger partial charge in [0.2, 0.25) is 11.7 Å². The van der Waals surface area contributed by atoms with E-state index in [1.807, 2.05) is 42.5 Å². The Morgan fingerprint density at radius 1 is 0.456 bits per heavy atom. The highest BCUT2D eigenvalue weighted by Crippen LogP contribution is 2.42. The molecule has 8 aromatic carbocycles. The first kappa shape index (κ1) is 31.4. The van der Waals surface area contributed by atoms with Crippen LogP contribution in [0.5, 0.6) is 0 Å². The van der Waals surface area contributed by atoms with Crippen molar-refractivity contribution in [3.05, 3.63) is 181 Å². The van der Waals surface area contributed by atoms with Crippen molar-refractivity contribution in [1.82, 2.24) is 19.1 Å². The number of benzene rings is 8. The molecular formula is C51H29N5O. The molecule has 264 valence electrons. The van der Waals surface area contributed by atoms with Crippen molar-refractivity contribution in [2.45, 2.75) is 0 Å². The van der Waals surface area contributed by atoms with E-state index in [1.165, 1.54) is 5.39 Å². The summed E-state index contributed by atoms with van der Waals surface area (Å²) in [6.07, 6.45) is 0. The number of hydrogen-bond donors (Lipinski definition) is 0. The van der Waals surface area contributed by atoms with Crippen LogP contribution in [0.15, 0.2) is 180 Å². The Morgan fingerprint density at radius 3 is 1.91 bits per heavy atom. The quantitative estimate of drug-likeness (QED) is 0.181. The highest BCUT2D eigenvalue weighted by Gasteiger charge is 2.23. The van der Waals surface area contributed by atoms with Crippen molar-refractivity contribution in [3.8, 4) is 40.1 Å². The Hall–Kier alpha value is -8.01. The molecule has 57 heavy (non-hydrogen) atoms. The van der Waals surface area contributed by atoms with E-state index in [4.69, 9.17) is 14.4 Å². The van der Waals surface area contributed by atoms with Gasteiger partial charge in [0.15, 0.2) is 0 Å². The number of rotatable bonds is 4. The van der Waals surface area contributed by atoms with E-state index in [1.54, 1.807) is 0 Å². The number of fused-ring (bicyclic) bond motifs is 10. The van der Waals surface area contributed by atoms with Crippen LogP contribution in [0.4, 0.5) is 0 Å². The largest absolute Gasteiger partial charge is 0.437 e. The van der Waals surface area contributed by atoms with Crippen molar-refractivity contribution >= 4 is 76.5 Å². The lowest BCUT2D eigenvalue weighted by Gasteiger charge is -2.11. The fourth-order valence-electron chi connectivity index (χ4n) is 8.77. The van der Waals surface area contributed by atoms with Crippen LogP contribution in [0.1, 0.15) is 5.56 Å². The summed E-state index contributed by atoms with van der Waals surface area (Å²) in [7, 11) is 0. The van der Waals surface area contributed by atoms with Gasteiger partial charge < -0.3 is 8.98 Å². The molecule has 0 radical (unpaired) electrons. The van der Waals surface area contributed by atoms with Gasteiger partial charge in [-0.3, -0.25) is 4.57 Å². The summed E-state index contributed by atoms with van der Waals surface area (Å²) in [4.78, 5) is 10.8. The molecule has 12 rings (SSSR count). The fraction of sp³-hybridized carbons (Fsp3) is 0. The lowest BCUT2D eigenvalue weighted by Crippen LogP contribution is -2.03. The minimum Gasteiger partial charge on any atom is -0.437 e. The molecule has 0 unspecified atom stereocenters. The average molecular weight is 728 g/mol. The lowest BCUT2D eigenvalue weighted by molar-refractivity contribution is 0.651. The molecule has 0 aliphatic rings. The highest BCUT2D eigenvalue weighted by atomic mass is 16.3. The molecule has 0 bridgehead atoms. The predicted molar refractivity (Wildman–Crippen MR) is 231 cm³/mol. The monoisotopic (exact) mass is 727 g/mol. The second-order valence-electron chi connectivity index (χ2n) is 14.5. The fourth-order valence-corrected chi connectivity index (χ4v) is 8.77. The number of furan rings is 1. The summed E-state index contributed by atoms with van der Waals surface area (Å²) < 4.78 is 11.2. The van der Waals surface area contributed by atoms with Crippen molar-refractivity contribution in [1.29, 1.82) is 5.26 Å². The van der Waals surface area contributed by atoms with Gasteiger partial charge in [-0.15, -0.1) is 0 Å². The van der Waals surface area contributed by atoms with Gasteiger partial charge in [0.25, 0.3) is 0 Å². The molecule has 6 nitrogen and oxygen atoms in total. The SMILES string of the molecule is N#Cc1cccc(-c2ccc3oc4nc(-n5c6ccccc6c6cc7ccccc7cc65)nc(-c5ccc6c(c5)c5ccccc5n6-c5ccccc5)c4c3c2)c1. The van der Waals surface area contributed by atoms with E-state index in [-0.39, 0.29) is 0 Å². The minimum absolute atomic E-state index is 0.506. The Balaban J connectivity index is 1.18. The Morgan fingerprint density at radius 2 is 1.11 bits per heavy atom. The van der Waals surface area contributed by atoms with Gasteiger partial charge in [0, 0.05) is 38.2 Å². The maximum Gasteiger partial charge on any atom is 0.238 e. The van der Waals surface area contributed by atoms with E-state index >= 15 is 0 Å². The number of hydrogen-bond acceptors (Lipinski definition) is 4. The number of aromatic nitrogens is 4. The first-order valence-electron chi connectivity index (χ1n) is 19.0. The van der Waals surface area contributed by atoms with Gasteiger partial charge >= 0.3 is 0 Å². The molecule has 0 spiro atoms. The van der Waals surface area contributed by atoms with Crippen LogP contribution >= 0.6 is 0 Å². The Bertz CT molecular complexity index is 3660. The lowest BCUT2D eigenvalue weighted by atomic mass is 9.99. The minimum atomic E-state index is 0.506. The standard InChI is InChI=1S/C51H29N5O/c52-30-31-11-10-14-32(25-31)35-22-24-47-42(27-35)48-49(36-21-23-45-40(28-36)38-17-6-8-19-43(38)55(45)37-15-2-1-3-16-37)53-51(54-50(48)57-47)56-44-20-9-7-18-39(44)41-26-33-12-4-5-13-34(33)29-46(41)56/h1-29H. The third-order valence-corrected chi connectivity index (χ3v) is 11.3. The second kappa shape index (κ2) is 12.0. The van der Waals surface area contributed by atoms with Gasteiger partial charge in [0.1, 0.15) is 5.58 Å². The van der Waals surface area contributed by atoms with Crippen LogP contribution in [0.3, 0.4) is 0 Å². The molecule has 0 amide bonds. The van der Waals surface area contributed by atoms with Crippen molar-refractivity contribution < 1.29 is 4.42 Å². The third-order valence-electron chi connectivity index (χ3n) is 11.3. The molecule has 0 fully saturated rings. The van der Waals surface area contributed by atoms with Gasteiger partial charge in [-0.05, 0) is 94.7 Å². The second-order valence-corrected chi connectivity index (χ2v) is 14.5. The number of para-hydroxylation sites is 3. The summed E-state index contributed by atoms with van der Waals surface area (Å²) in [5.74, 6) is 0.534. The molecule has 0 N–H and O–H groups in total. The molecule has 0 saturated heterocycles. The molecular weight excluding hydrogens is 699 g/mol. The van der Waals surface area contributed by atoms with Gasteiger partial charge in [-0.2, -0.15) is 10.2 Å². The van der Waals surface area contributed by atoms with Crippen LogP contribution in [0.2, 0.25) is 0 Å². The first-order valence-corrected chi connectivity index (χ1v) is 19.0. The molecule has 12 aromatic rings. The van der Waals surface area contributed by atoms with Crippen molar-refractivity contribution in [2.75, 3.05) is 0 Å². The number of nitrogens with zero attached hydrogens (tertiary/aromatic N) is 5. The molecule has 0 saturated carbocycles. The molecule has 0 aliphatic carbocycles. The van der Waals surface area contributed by atoms with Crippen LogP contribution in [0, 0.1) is 11.3 Å². The zero-order chi connectivity index (χ0) is 37.6. The summed E-state index contributed by atoms with van der Waals surface area (Å²) >= 11 is 0. The molecule has 4 aromatic heterocycles. The maximum atomic E-state index is 9.66. The Kier molecular flexibility index (Phi) is 6.60. The summed E-state index contributed by atoms with van der Waals surface area (Å²) in [5, 5.41) is 18.3. The van der Waals surface area contributed by atoms with Gasteiger partial charge in [-0.1, -0.05) is 103 Å². The molecule has 4 heterocycles. The zero-order valence-corrected chi connectivity index (χ0v) is 30.4. The van der Waals surface area contributed by atoms with Crippen LogP contribution < -0.4 is 0 Å². The molecule has 0 aliphatic heterocycles. The average Bonchev–Trinajstić information content (AvgIpc) is 3.92. The smallest absolute Gasteiger partial charge is 0.238 e. The summed E-state index contributed by atoms with van der Waals surface area (Å²) in [5.41, 5.74) is 10.9. The summed E-state index contributed by atoms with van der Waals surface area (Å²) in [6.45, 7) is 0. The zero-order valence-electron chi connectivity index (χ0n) is 30.4. The van der Waals surface area contributed by atoms with Crippen LogP contribution in [-0.2, 0) is 0 Å². The van der Waals surface area contributed by atoms with Crippen LogP contribution in [0.25, 0.3) is 110 Å². The first-order chi connectivity index (χ1) is 28.2. The highest BCUT2D eigenvalue weighted by molar-refractivity contribution is 6.16. The van der Waals surface area contributed by atoms with E-state index in [2.05, 4.69) is 149 Å². The predicted octanol–water partition coefficient (Wildman–Crippen LogP) is 12.9. The van der Waals surface area contributed by atoms with E-state index < -0.39 is 0 Å². The van der Waals surface area contributed by atoms with Crippen molar-refractivity contribution in [3.63, 3.8) is 0 Å². The molecule has 6 heteroatoms. The van der Waals surface area contributed by atoms with Crippen molar-refractivity contribution in [2.24, 2.45) is 0 Å². The Labute approximate surface area is 325 Å². The third kappa shape index (κ3) is 4.70. The van der Waals surface area contributed by atoms with Crippen LogP contribution in [-0.4, -0.2) is 19.1 Å². The topological polar surface area (TPSA) is 72.6 Å². The van der Waals surface area contributed by atoms with Gasteiger partial charge in [-0.25, -0.2) is 4.98 Å². The number of nitriles is 1. The van der Waals surface area contributed by atoms with Gasteiger partial charge in [0.05, 0.1) is 44.8 Å². The van der Waals surface area contributed by atoms with E-state index in [9.17, 15) is 5.26 Å². The summed E-state index contributed by atoms with van der Waals surface area (Å²) in [6, 6.07) is 63.3. The van der Waals surface area contributed by atoms with E-state index in [0.717, 1.165) is 87.8 Å². The maximum absolute atomic E-state index is 9.66. The molecule has 0 atom stereocenters.